The zero-order chi connectivity index (χ0) is 23.3. The molecule has 0 saturated carbocycles. The van der Waals surface area contributed by atoms with Gasteiger partial charge in [-0.1, -0.05) is 130 Å². The molecular weight excluding hydrogens is 384 g/mol. The van der Waals surface area contributed by atoms with Gasteiger partial charge in [0, 0.05) is 0 Å². The molecule has 0 fully saturated rings. The average molecular weight is 441 g/mol. The second kappa shape index (κ2) is 21.3. The summed E-state index contributed by atoms with van der Waals surface area (Å²) in [5.74, 6) is -0.0288. The standard InChI is InChI=1S/C28H56O3/c1-6-7-8-9-10-11-12-13-14-15-16-17-18-19-20-21-22-24(2)23-25(3)27(29)26(4)28(30)31-5/h24-27,29H,6-23H2,1-5H3/t24-,25-,26-,27-/m1/s1. The van der Waals surface area contributed by atoms with Gasteiger partial charge < -0.3 is 9.84 Å². The van der Waals surface area contributed by atoms with Gasteiger partial charge in [-0.05, 0) is 25.2 Å². The van der Waals surface area contributed by atoms with Gasteiger partial charge in [0.15, 0.2) is 0 Å². The zero-order valence-corrected chi connectivity index (χ0v) is 21.8. The van der Waals surface area contributed by atoms with E-state index in [9.17, 15) is 9.90 Å². The number of esters is 1. The molecule has 0 heterocycles. The molecule has 3 nitrogen and oxygen atoms in total. The van der Waals surface area contributed by atoms with Gasteiger partial charge in [-0.3, -0.25) is 4.79 Å². The molecule has 0 aliphatic carbocycles. The highest BCUT2D eigenvalue weighted by atomic mass is 16.5. The van der Waals surface area contributed by atoms with E-state index in [1.54, 1.807) is 6.92 Å². The Morgan fingerprint density at radius 2 is 1.10 bits per heavy atom. The van der Waals surface area contributed by atoms with Gasteiger partial charge in [-0.2, -0.15) is 0 Å². The van der Waals surface area contributed by atoms with Crippen molar-refractivity contribution < 1.29 is 14.6 Å². The largest absolute Gasteiger partial charge is 0.469 e. The lowest BCUT2D eigenvalue weighted by Crippen LogP contribution is -2.32. The number of hydrogen-bond acceptors (Lipinski definition) is 3. The average Bonchev–Trinajstić information content (AvgIpc) is 2.77. The van der Waals surface area contributed by atoms with E-state index in [4.69, 9.17) is 4.74 Å². The predicted octanol–water partition coefficient (Wildman–Crippen LogP) is 8.47. The van der Waals surface area contributed by atoms with E-state index in [1.807, 2.05) is 6.92 Å². The van der Waals surface area contributed by atoms with Gasteiger partial charge >= 0.3 is 5.97 Å². The molecule has 31 heavy (non-hydrogen) atoms. The summed E-state index contributed by atoms with van der Waals surface area (Å²) in [4.78, 5) is 11.6. The molecule has 0 radical (unpaired) electrons. The van der Waals surface area contributed by atoms with E-state index in [0.29, 0.717) is 5.92 Å². The van der Waals surface area contributed by atoms with Gasteiger partial charge in [0.25, 0.3) is 0 Å². The number of carbonyl (C=O) groups is 1. The lowest BCUT2D eigenvalue weighted by molar-refractivity contribution is -0.150. The first-order chi connectivity index (χ1) is 14.9. The molecule has 1 N–H and O–H groups in total. The van der Waals surface area contributed by atoms with E-state index in [0.717, 1.165) is 6.42 Å². The van der Waals surface area contributed by atoms with Gasteiger partial charge in [-0.25, -0.2) is 0 Å². The first kappa shape index (κ1) is 30.4. The lowest BCUT2D eigenvalue weighted by Gasteiger charge is -2.25. The van der Waals surface area contributed by atoms with E-state index in [1.165, 1.54) is 116 Å². The van der Waals surface area contributed by atoms with Crippen molar-refractivity contribution in [3.05, 3.63) is 0 Å². The summed E-state index contributed by atoms with van der Waals surface area (Å²) in [6.07, 6.45) is 24.1. The van der Waals surface area contributed by atoms with Crippen LogP contribution in [-0.4, -0.2) is 24.3 Å². The normalized spacial score (nSPS) is 15.4. The van der Waals surface area contributed by atoms with Crippen molar-refractivity contribution in [2.24, 2.45) is 17.8 Å². The van der Waals surface area contributed by atoms with Crippen molar-refractivity contribution in [1.82, 2.24) is 0 Å². The Labute approximate surface area is 195 Å². The zero-order valence-electron chi connectivity index (χ0n) is 21.8. The molecule has 0 unspecified atom stereocenters. The summed E-state index contributed by atoms with van der Waals surface area (Å²) in [6.45, 7) is 8.37. The van der Waals surface area contributed by atoms with Crippen LogP contribution in [0.25, 0.3) is 0 Å². The number of methoxy groups -OCH3 is 1. The molecule has 0 aliphatic heterocycles. The second-order valence-electron chi connectivity index (χ2n) is 10.2. The Morgan fingerprint density at radius 1 is 0.710 bits per heavy atom. The van der Waals surface area contributed by atoms with Crippen LogP contribution in [0.2, 0.25) is 0 Å². The highest BCUT2D eigenvalue weighted by molar-refractivity contribution is 5.72. The summed E-state index contributed by atoms with van der Waals surface area (Å²) in [5, 5.41) is 10.3. The second-order valence-corrected chi connectivity index (χ2v) is 10.2. The molecule has 0 amide bonds. The van der Waals surface area contributed by atoms with Crippen molar-refractivity contribution >= 4 is 5.97 Å². The third-order valence-electron chi connectivity index (χ3n) is 6.99. The number of aliphatic hydroxyl groups excluding tert-OH is 1. The van der Waals surface area contributed by atoms with Crippen molar-refractivity contribution in [3.8, 4) is 0 Å². The van der Waals surface area contributed by atoms with E-state index < -0.39 is 12.0 Å². The molecule has 0 aromatic carbocycles. The van der Waals surface area contributed by atoms with Crippen molar-refractivity contribution in [2.75, 3.05) is 7.11 Å². The molecule has 0 aliphatic rings. The van der Waals surface area contributed by atoms with Crippen LogP contribution in [0.5, 0.6) is 0 Å². The summed E-state index contributed by atoms with van der Waals surface area (Å²) in [6, 6.07) is 0. The number of rotatable bonds is 22. The molecule has 4 atom stereocenters. The first-order valence-electron chi connectivity index (χ1n) is 13.7. The fourth-order valence-electron chi connectivity index (χ4n) is 4.75. The SMILES string of the molecule is CCCCCCCCCCCCCCCCCC[C@@H](C)C[C@@H](C)[C@@H](O)[C@@H](C)C(=O)OC. The highest BCUT2D eigenvalue weighted by Crippen LogP contribution is 2.24. The third kappa shape index (κ3) is 17.6. The first-order valence-corrected chi connectivity index (χ1v) is 13.7. The minimum absolute atomic E-state index is 0.130. The molecule has 0 rings (SSSR count). The number of carbonyl (C=O) groups excluding carboxylic acids is 1. The summed E-state index contributed by atoms with van der Waals surface area (Å²) >= 11 is 0. The van der Waals surface area contributed by atoms with Crippen LogP contribution in [0, 0.1) is 17.8 Å². The summed E-state index contributed by atoms with van der Waals surface area (Å²) in [5.41, 5.74) is 0. The van der Waals surface area contributed by atoms with E-state index >= 15 is 0 Å². The Morgan fingerprint density at radius 3 is 1.48 bits per heavy atom. The van der Waals surface area contributed by atoms with Crippen LogP contribution in [0.3, 0.4) is 0 Å². The predicted molar refractivity (Wildman–Crippen MR) is 134 cm³/mol. The number of hydrogen-bond donors (Lipinski definition) is 1. The lowest BCUT2D eigenvalue weighted by atomic mass is 9.85. The Bertz CT molecular complexity index is 396. The Hall–Kier alpha value is -0.570. The van der Waals surface area contributed by atoms with Gasteiger partial charge in [0.1, 0.15) is 0 Å². The Balaban J connectivity index is 3.46. The maximum absolute atomic E-state index is 11.6. The quantitative estimate of drug-likeness (QED) is 0.136. The fourth-order valence-corrected chi connectivity index (χ4v) is 4.75. The maximum Gasteiger partial charge on any atom is 0.311 e. The molecule has 0 bridgehead atoms. The number of ether oxygens (including phenoxy) is 1. The van der Waals surface area contributed by atoms with Crippen LogP contribution < -0.4 is 0 Å². The molecule has 3 heteroatoms. The molecule has 0 aromatic rings. The maximum atomic E-state index is 11.6. The number of unbranched alkanes of at least 4 members (excludes halogenated alkanes) is 15. The van der Waals surface area contributed by atoms with Crippen molar-refractivity contribution in [3.63, 3.8) is 0 Å². The fraction of sp³-hybridized carbons (Fsp3) is 0.964. The summed E-state index contributed by atoms with van der Waals surface area (Å²) < 4.78 is 4.75. The van der Waals surface area contributed by atoms with E-state index in [-0.39, 0.29) is 11.9 Å². The van der Waals surface area contributed by atoms with Crippen LogP contribution in [-0.2, 0) is 9.53 Å². The smallest absolute Gasteiger partial charge is 0.311 e. The minimum atomic E-state index is -0.610. The molecule has 0 spiro atoms. The molecular formula is C28H56O3. The van der Waals surface area contributed by atoms with Crippen LogP contribution in [0.4, 0.5) is 0 Å². The molecule has 186 valence electrons. The summed E-state index contributed by atoms with van der Waals surface area (Å²) in [7, 11) is 1.39. The van der Waals surface area contributed by atoms with Gasteiger partial charge in [-0.15, -0.1) is 0 Å². The minimum Gasteiger partial charge on any atom is -0.469 e. The van der Waals surface area contributed by atoms with Crippen LogP contribution in [0.15, 0.2) is 0 Å². The molecule has 0 saturated heterocycles. The van der Waals surface area contributed by atoms with Crippen molar-refractivity contribution in [2.45, 2.75) is 149 Å². The van der Waals surface area contributed by atoms with Gasteiger partial charge in [0.2, 0.25) is 0 Å². The number of aliphatic hydroxyl groups is 1. The topological polar surface area (TPSA) is 46.5 Å². The van der Waals surface area contributed by atoms with Crippen molar-refractivity contribution in [1.29, 1.82) is 0 Å². The van der Waals surface area contributed by atoms with E-state index in [2.05, 4.69) is 13.8 Å². The highest BCUT2D eigenvalue weighted by Gasteiger charge is 2.28. The monoisotopic (exact) mass is 440 g/mol. The van der Waals surface area contributed by atoms with Gasteiger partial charge in [0.05, 0.1) is 19.1 Å². The van der Waals surface area contributed by atoms with Crippen LogP contribution >= 0.6 is 0 Å². The third-order valence-corrected chi connectivity index (χ3v) is 6.99. The van der Waals surface area contributed by atoms with Crippen LogP contribution in [0.1, 0.15) is 143 Å². The Kier molecular flexibility index (Phi) is 20.9. The molecule has 0 aromatic heterocycles.